The molecule has 0 amide bonds. The maximum absolute atomic E-state index is 10.1. The first-order chi connectivity index (χ1) is 9.15. The van der Waals surface area contributed by atoms with Gasteiger partial charge in [-0.05, 0) is 55.8 Å². The van der Waals surface area contributed by atoms with Crippen LogP contribution in [0.25, 0.3) is 0 Å². The third-order valence-corrected chi connectivity index (χ3v) is 5.00. The lowest BCUT2D eigenvalue weighted by Crippen LogP contribution is -2.41. The van der Waals surface area contributed by atoms with Crippen molar-refractivity contribution in [2.45, 2.75) is 39.3 Å². The van der Waals surface area contributed by atoms with Crippen LogP contribution in [0.15, 0.2) is 11.4 Å². The molecule has 108 valence electrons. The number of nitrogens with one attached hydrogen (secondary N) is 1. The van der Waals surface area contributed by atoms with Gasteiger partial charge in [0.05, 0.1) is 6.10 Å². The number of hydrogen-bond acceptors (Lipinski definition) is 4. The molecule has 3 nitrogen and oxygen atoms in total. The maximum Gasteiger partial charge on any atom is 0.0791 e. The summed E-state index contributed by atoms with van der Waals surface area (Å²) in [6, 6.07) is 2.15. The number of likely N-dealkylation sites (tertiary alicyclic amines) is 1. The molecule has 4 heteroatoms. The summed E-state index contributed by atoms with van der Waals surface area (Å²) in [4.78, 5) is 3.77. The third kappa shape index (κ3) is 4.88. The predicted molar refractivity (Wildman–Crippen MR) is 81.6 cm³/mol. The van der Waals surface area contributed by atoms with E-state index in [1.165, 1.54) is 23.3 Å². The van der Waals surface area contributed by atoms with E-state index < -0.39 is 0 Å². The van der Waals surface area contributed by atoms with Crippen LogP contribution in [0.4, 0.5) is 0 Å². The highest BCUT2D eigenvalue weighted by atomic mass is 32.1. The molecular weight excluding hydrogens is 256 g/mol. The summed E-state index contributed by atoms with van der Waals surface area (Å²) < 4.78 is 0. The van der Waals surface area contributed by atoms with E-state index in [1.54, 1.807) is 11.3 Å². The summed E-state index contributed by atoms with van der Waals surface area (Å²) in [5.41, 5.74) is 1.34. The van der Waals surface area contributed by atoms with Gasteiger partial charge in [-0.2, -0.15) is 0 Å². The number of hydrogen-bond donors (Lipinski definition) is 2. The van der Waals surface area contributed by atoms with E-state index in [1.807, 2.05) is 0 Å². The second kappa shape index (κ2) is 7.39. The van der Waals surface area contributed by atoms with Crippen molar-refractivity contribution >= 4 is 11.3 Å². The number of rotatable bonds is 6. The number of aliphatic hydroxyl groups excluding tert-OH is 1. The summed E-state index contributed by atoms with van der Waals surface area (Å²) >= 11 is 1.78. The highest BCUT2D eigenvalue weighted by molar-refractivity contribution is 7.10. The van der Waals surface area contributed by atoms with E-state index in [-0.39, 0.29) is 6.10 Å². The van der Waals surface area contributed by atoms with Crippen LogP contribution < -0.4 is 5.32 Å². The van der Waals surface area contributed by atoms with Crippen LogP contribution in [-0.2, 0) is 6.54 Å². The van der Waals surface area contributed by atoms with Gasteiger partial charge in [0.25, 0.3) is 0 Å². The molecule has 1 aliphatic rings. The standard InChI is InChI=1S/C15H26N2OS/c1-12-3-6-17(7-4-12)11-14(18)9-16-10-15-13(2)5-8-19-15/h5,8,12,14,16,18H,3-4,6-7,9-11H2,1-2H3. The second-order valence-electron chi connectivity index (χ2n) is 5.79. The Balaban J connectivity index is 1.62. The number of piperidine rings is 1. The topological polar surface area (TPSA) is 35.5 Å². The molecule has 0 bridgehead atoms. The van der Waals surface area contributed by atoms with Crippen molar-refractivity contribution < 1.29 is 5.11 Å². The van der Waals surface area contributed by atoms with Crippen LogP contribution in [0.5, 0.6) is 0 Å². The van der Waals surface area contributed by atoms with Crippen LogP contribution in [-0.4, -0.2) is 42.3 Å². The molecule has 1 aliphatic heterocycles. The highest BCUT2D eigenvalue weighted by Gasteiger charge is 2.18. The fourth-order valence-corrected chi connectivity index (χ4v) is 3.42. The SMILES string of the molecule is Cc1ccsc1CNCC(O)CN1CCC(C)CC1. The Labute approximate surface area is 120 Å². The van der Waals surface area contributed by atoms with Crippen molar-refractivity contribution in [2.24, 2.45) is 5.92 Å². The first kappa shape index (κ1) is 15.0. The van der Waals surface area contributed by atoms with E-state index in [0.717, 1.165) is 32.1 Å². The maximum atomic E-state index is 10.1. The van der Waals surface area contributed by atoms with Gasteiger partial charge in [0.1, 0.15) is 0 Å². The Morgan fingerprint density at radius 1 is 1.47 bits per heavy atom. The molecule has 0 aliphatic carbocycles. The molecule has 0 saturated carbocycles. The number of thiophene rings is 1. The summed E-state index contributed by atoms with van der Waals surface area (Å²) in [5.74, 6) is 0.855. The van der Waals surface area contributed by atoms with E-state index in [0.29, 0.717) is 6.54 Å². The molecule has 0 spiro atoms. The lowest BCUT2D eigenvalue weighted by Gasteiger charge is -2.31. The Kier molecular flexibility index (Phi) is 5.82. The van der Waals surface area contributed by atoms with Gasteiger partial charge in [0.15, 0.2) is 0 Å². The van der Waals surface area contributed by atoms with Crippen LogP contribution in [0.1, 0.15) is 30.2 Å². The number of aliphatic hydroxyl groups is 1. The molecule has 1 atom stereocenters. The van der Waals surface area contributed by atoms with Crippen LogP contribution >= 0.6 is 11.3 Å². The fourth-order valence-electron chi connectivity index (χ4n) is 2.54. The minimum absolute atomic E-state index is 0.256. The largest absolute Gasteiger partial charge is 0.390 e. The summed E-state index contributed by atoms with van der Waals surface area (Å²) in [7, 11) is 0. The molecule has 2 heterocycles. The Morgan fingerprint density at radius 2 is 2.21 bits per heavy atom. The van der Waals surface area contributed by atoms with Gasteiger partial charge in [-0.25, -0.2) is 0 Å². The summed E-state index contributed by atoms with van der Waals surface area (Å²) in [5, 5.41) is 15.5. The van der Waals surface area contributed by atoms with Crippen LogP contribution in [0, 0.1) is 12.8 Å². The van der Waals surface area contributed by atoms with Gasteiger partial charge in [0.2, 0.25) is 0 Å². The van der Waals surface area contributed by atoms with Crippen LogP contribution in [0.3, 0.4) is 0 Å². The number of nitrogens with zero attached hydrogens (tertiary/aromatic N) is 1. The molecule has 1 unspecified atom stereocenters. The molecule has 1 aromatic rings. The van der Waals surface area contributed by atoms with Gasteiger partial charge in [-0.1, -0.05) is 6.92 Å². The van der Waals surface area contributed by atoms with Gasteiger partial charge in [-0.15, -0.1) is 11.3 Å². The zero-order chi connectivity index (χ0) is 13.7. The highest BCUT2D eigenvalue weighted by Crippen LogP contribution is 2.16. The van der Waals surface area contributed by atoms with E-state index in [9.17, 15) is 5.11 Å². The number of aryl methyl sites for hydroxylation is 1. The van der Waals surface area contributed by atoms with E-state index >= 15 is 0 Å². The van der Waals surface area contributed by atoms with Crippen molar-refractivity contribution in [3.05, 3.63) is 21.9 Å². The fraction of sp³-hybridized carbons (Fsp3) is 0.733. The zero-order valence-corrected chi connectivity index (χ0v) is 12.9. The summed E-state index contributed by atoms with van der Waals surface area (Å²) in [6.45, 7) is 9.10. The van der Waals surface area contributed by atoms with Gasteiger partial charge in [0, 0.05) is 24.5 Å². The van der Waals surface area contributed by atoms with Gasteiger partial charge in [-0.3, -0.25) is 0 Å². The van der Waals surface area contributed by atoms with E-state index in [2.05, 4.69) is 35.5 Å². The molecule has 19 heavy (non-hydrogen) atoms. The first-order valence-corrected chi connectivity index (χ1v) is 8.17. The van der Waals surface area contributed by atoms with Gasteiger partial charge >= 0.3 is 0 Å². The Hall–Kier alpha value is -0.420. The normalized spacial score (nSPS) is 19.7. The third-order valence-electron chi connectivity index (χ3n) is 3.98. The van der Waals surface area contributed by atoms with Crippen LogP contribution in [0.2, 0.25) is 0 Å². The van der Waals surface area contributed by atoms with Gasteiger partial charge < -0.3 is 15.3 Å². The lowest BCUT2D eigenvalue weighted by atomic mass is 9.99. The van der Waals surface area contributed by atoms with Crippen molar-refractivity contribution in [3.63, 3.8) is 0 Å². The van der Waals surface area contributed by atoms with Crippen molar-refractivity contribution in [1.82, 2.24) is 10.2 Å². The van der Waals surface area contributed by atoms with Crippen molar-refractivity contribution in [2.75, 3.05) is 26.2 Å². The molecule has 1 fully saturated rings. The quantitative estimate of drug-likeness (QED) is 0.840. The predicted octanol–water partition coefficient (Wildman–Crippen LogP) is 2.24. The Morgan fingerprint density at radius 3 is 2.84 bits per heavy atom. The molecule has 2 rings (SSSR count). The molecular formula is C15H26N2OS. The van der Waals surface area contributed by atoms with Crippen molar-refractivity contribution in [3.8, 4) is 0 Å². The number of β-amino-alcohol motifs (C(OH)–C–C–N with tert-alkyl or cyclic N) is 1. The smallest absolute Gasteiger partial charge is 0.0791 e. The minimum Gasteiger partial charge on any atom is -0.390 e. The second-order valence-corrected chi connectivity index (χ2v) is 6.80. The minimum atomic E-state index is -0.256. The lowest BCUT2D eigenvalue weighted by molar-refractivity contribution is 0.0907. The summed E-state index contributed by atoms with van der Waals surface area (Å²) in [6.07, 6.45) is 2.29. The van der Waals surface area contributed by atoms with Crippen molar-refractivity contribution in [1.29, 1.82) is 0 Å². The average Bonchev–Trinajstić information content (AvgIpc) is 2.78. The van der Waals surface area contributed by atoms with E-state index in [4.69, 9.17) is 0 Å². The average molecular weight is 282 g/mol. The first-order valence-electron chi connectivity index (χ1n) is 7.29. The molecule has 1 saturated heterocycles. The molecule has 1 aromatic heterocycles. The zero-order valence-electron chi connectivity index (χ0n) is 12.1. The molecule has 0 radical (unpaired) electrons. The Bertz CT molecular complexity index is 372. The molecule has 2 N–H and O–H groups in total. The molecule has 0 aromatic carbocycles. The monoisotopic (exact) mass is 282 g/mol.